The lowest BCUT2D eigenvalue weighted by Crippen LogP contribution is -2.54. The van der Waals surface area contributed by atoms with Crippen molar-refractivity contribution >= 4 is 41.4 Å². The van der Waals surface area contributed by atoms with E-state index in [0.29, 0.717) is 19.4 Å². The van der Waals surface area contributed by atoms with Gasteiger partial charge in [-0.25, -0.2) is 4.79 Å². The number of nitrogens with one attached hydrogen (secondary N) is 1. The molecular weight excluding hydrogens is 400 g/mol. The number of thioether (sulfide) groups is 2. The minimum atomic E-state index is -1.02. The average Bonchev–Trinajstić information content (AvgIpc) is 3.25. The molecular formula is C19H24N2O5S2. The van der Waals surface area contributed by atoms with Gasteiger partial charge in [0.15, 0.2) is 0 Å². The predicted octanol–water partition coefficient (Wildman–Crippen LogP) is 1.52. The van der Waals surface area contributed by atoms with Gasteiger partial charge in [-0.3, -0.25) is 14.9 Å². The quantitative estimate of drug-likeness (QED) is 0.577. The van der Waals surface area contributed by atoms with Crippen LogP contribution in [0.5, 0.6) is 0 Å². The van der Waals surface area contributed by atoms with Crippen molar-refractivity contribution in [2.75, 3.05) is 11.6 Å². The average molecular weight is 425 g/mol. The molecule has 7 nitrogen and oxygen atoms in total. The third-order valence-corrected chi connectivity index (χ3v) is 8.26. The fourth-order valence-electron chi connectivity index (χ4n) is 3.70. The van der Waals surface area contributed by atoms with Gasteiger partial charge >= 0.3 is 11.9 Å². The monoisotopic (exact) mass is 424 g/mol. The number of carbonyl (C=O) groups excluding carboxylic acids is 1. The number of aryl methyl sites for hydroxylation is 1. The molecule has 0 saturated carbocycles. The van der Waals surface area contributed by atoms with E-state index in [2.05, 4.69) is 5.32 Å². The number of carbonyl (C=O) groups is 3. The zero-order valence-electron chi connectivity index (χ0n) is 15.5. The molecule has 3 unspecified atom stereocenters. The summed E-state index contributed by atoms with van der Waals surface area (Å²) >= 11 is 3.26. The van der Waals surface area contributed by atoms with Crippen LogP contribution in [0.1, 0.15) is 18.9 Å². The Morgan fingerprint density at radius 2 is 1.93 bits per heavy atom. The number of fused-ring (bicyclic) bond motifs is 1. The number of carboxylic acids is 2. The maximum Gasteiger partial charge on any atom is 0.327 e. The zero-order valence-corrected chi connectivity index (χ0v) is 17.1. The molecule has 2 aliphatic rings. The Morgan fingerprint density at radius 1 is 1.21 bits per heavy atom. The summed E-state index contributed by atoms with van der Waals surface area (Å²) in [5.41, 5.74) is 1.03. The minimum Gasteiger partial charge on any atom is -0.480 e. The second kappa shape index (κ2) is 9.19. The van der Waals surface area contributed by atoms with Crippen molar-refractivity contribution in [3.8, 4) is 0 Å². The van der Waals surface area contributed by atoms with E-state index in [-0.39, 0.29) is 16.4 Å². The lowest BCUT2D eigenvalue weighted by atomic mass is 10.0. The molecule has 5 atom stereocenters. The highest BCUT2D eigenvalue weighted by molar-refractivity contribution is 8.20. The van der Waals surface area contributed by atoms with Crippen LogP contribution in [0.4, 0.5) is 0 Å². The summed E-state index contributed by atoms with van der Waals surface area (Å²) in [6.45, 7) is 2.00. The highest BCUT2D eigenvalue weighted by atomic mass is 32.2. The van der Waals surface area contributed by atoms with E-state index < -0.39 is 30.1 Å². The van der Waals surface area contributed by atoms with Crippen LogP contribution in [0.2, 0.25) is 0 Å². The number of carboxylic acid groups (broad SMARTS) is 2. The van der Waals surface area contributed by atoms with Crippen LogP contribution in [0.25, 0.3) is 0 Å². The fourth-order valence-corrected chi connectivity index (χ4v) is 7.16. The van der Waals surface area contributed by atoms with Crippen LogP contribution >= 0.6 is 23.5 Å². The summed E-state index contributed by atoms with van der Waals surface area (Å²) in [6.07, 6.45) is 0.918. The molecule has 0 aromatic heterocycles. The van der Waals surface area contributed by atoms with Crippen molar-refractivity contribution in [1.29, 1.82) is 0 Å². The van der Waals surface area contributed by atoms with Gasteiger partial charge in [0.25, 0.3) is 0 Å². The smallest absolute Gasteiger partial charge is 0.327 e. The van der Waals surface area contributed by atoms with Crippen LogP contribution < -0.4 is 5.32 Å². The molecule has 0 radical (unpaired) electrons. The van der Waals surface area contributed by atoms with E-state index in [1.54, 1.807) is 30.4 Å². The standard InChI is InChI=1S/C19H24N2O5S2/c1-11(20-13(18(23)24)8-7-12-5-3-2-4-6-12)17(22)21-9-14-16(28-10-27-14)15(21)19(25)26/h2-6,11,13-16,20H,7-10H2,1H3,(H,23,24)(H,25,26)/t11?,13-,14?,15+,16?/m0/s1. The molecule has 1 aromatic carbocycles. The predicted molar refractivity (Wildman–Crippen MR) is 110 cm³/mol. The van der Waals surface area contributed by atoms with Crippen LogP contribution in [-0.4, -0.2) is 73.2 Å². The third kappa shape index (κ3) is 4.64. The SMILES string of the molecule is CC(N[C@@H](CCc1ccccc1)C(=O)O)C(=O)N1CC2SCSC2[C@@H]1C(=O)O. The maximum atomic E-state index is 12.9. The first kappa shape index (κ1) is 21.0. The first-order valence-corrected chi connectivity index (χ1v) is 11.3. The van der Waals surface area contributed by atoms with Gasteiger partial charge in [-0.05, 0) is 25.3 Å². The number of hydrogen-bond acceptors (Lipinski definition) is 6. The van der Waals surface area contributed by atoms with Crippen LogP contribution in [0.15, 0.2) is 30.3 Å². The van der Waals surface area contributed by atoms with Gasteiger partial charge in [-0.2, -0.15) is 0 Å². The number of aliphatic carboxylic acids is 2. The van der Waals surface area contributed by atoms with Crippen molar-refractivity contribution in [1.82, 2.24) is 10.2 Å². The summed E-state index contributed by atoms with van der Waals surface area (Å²) < 4.78 is 0. The largest absolute Gasteiger partial charge is 0.480 e. The Morgan fingerprint density at radius 3 is 2.57 bits per heavy atom. The Balaban J connectivity index is 1.62. The van der Waals surface area contributed by atoms with Gasteiger partial charge < -0.3 is 15.1 Å². The maximum absolute atomic E-state index is 12.9. The summed E-state index contributed by atoms with van der Waals surface area (Å²) in [6, 6.07) is 7.06. The number of amides is 1. The lowest BCUT2D eigenvalue weighted by molar-refractivity contribution is -0.149. The van der Waals surface area contributed by atoms with Gasteiger partial charge in [0, 0.05) is 16.9 Å². The number of benzene rings is 1. The first-order chi connectivity index (χ1) is 13.4. The van der Waals surface area contributed by atoms with Gasteiger partial charge in [-0.15, -0.1) is 23.5 Å². The van der Waals surface area contributed by atoms with Crippen LogP contribution in [0, 0.1) is 0 Å². The number of likely N-dealkylation sites (tertiary alicyclic amines) is 1. The Bertz CT molecular complexity index is 732. The van der Waals surface area contributed by atoms with Crippen molar-refractivity contribution in [3.63, 3.8) is 0 Å². The molecule has 2 aliphatic heterocycles. The molecule has 1 aromatic rings. The summed E-state index contributed by atoms with van der Waals surface area (Å²) in [5, 5.41) is 22.9. The van der Waals surface area contributed by atoms with E-state index in [4.69, 9.17) is 0 Å². The number of hydrogen-bond donors (Lipinski definition) is 3. The Hall–Kier alpha value is -1.71. The highest BCUT2D eigenvalue weighted by Gasteiger charge is 2.51. The normalized spacial score (nSPS) is 25.9. The van der Waals surface area contributed by atoms with Gasteiger partial charge in [0.1, 0.15) is 12.1 Å². The molecule has 3 N–H and O–H groups in total. The van der Waals surface area contributed by atoms with Crippen LogP contribution in [0.3, 0.4) is 0 Å². The van der Waals surface area contributed by atoms with E-state index in [0.717, 1.165) is 10.6 Å². The number of nitrogens with zero attached hydrogens (tertiary/aromatic N) is 1. The summed E-state index contributed by atoms with van der Waals surface area (Å²) in [7, 11) is 0. The van der Waals surface area contributed by atoms with Gasteiger partial charge in [0.2, 0.25) is 5.91 Å². The van der Waals surface area contributed by atoms with E-state index in [1.807, 2.05) is 30.3 Å². The van der Waals surface area contributed by atoms with Crippen molar-refractivity contribution in [2.24, 2.45) is 0 Å². The summed E-state index contributed by atoms with van der Waals surface area (Å²) in [5.74, 6) is -2.37. The van der Waals surface area contributed by atoms with Crippen LogP contribution in [-0.2, 0) is 20.8 Å². The third-order valence-electron chi connectivity index (χ3n) is 5.15. The molecule has 3 rings (SSSR count). The molecule has 0 spiro atoms. The van der Waals surface area contributed by atoms with Crippen molar-refractivity contribution in [2.45, 2.75) is 48.4 Å². The zero-order chi connectivity index (χ0) is 20.3. The molecule has 152 valence electrons. The Kier molecular flexibility index (Phi) is 6.90. The van der Waals surface area contributed by atoms with Gasteiger partial charge in [-0.1, -0.05) is 30.3 Å². The fraction of sp³-hybridized carbons (Fsp3) is 0.526. The molecule has 0 bridgehead atoms. The van der Waals surface area contributed by atoms with Crippen molar-refractivity contribution < 1.29 is 24.6 Å². The molecule has 9 heteroatoms. The second-order valence-electron chi connectivity index (χ2n) is 7.03. The minimum absolute atomic E-state index is 0.105. The van der Waals surface area contributed by atoms with E-state index >= 15 is 0 Å². The highest BCUT2D eigenvalue weighted by Crippen LogP contribution is 2.44. The molecule has 2 fully saturated rings. The molecule has 28 heavy (non-hydrogen) atoms. The van der Waals surface area contributed by atoms with E-state index in [1.165, 1.54) is 4.90 Å². The van der Waals surface area contributed by atoms with Crippen molar-refractivity contribution in [3.05, 3.63) is 35.9 Å². The second-order valence-corrected chi connectivity index (χ2v) is 9.79. The number of rotatable bonds is 8. The Labute approximate surface area is 172 Å². The van der Waals surface area contributed by atoms with Gasteiger partial charge in [0.05, 0.1) is 11.3 Å². The summed E-state index contributed by atoms with van der Waals surface area (Å²) in [4.78, 5) is 37.7. The molecule has 2 saturated heterocycles. The molecule has 0 aliphatic carbocycles. The lowest BCUT2D eigenvalue weighted by Gasteiger charge is -2.28. The molecule has 1 amide bonds. The topological polar surface area (TPSA) is 107 Å². The molecule has 2 heterocycles. The first-order valence-electron chi connectivity index (χ1n) is 9.17. The van der Waals surface area contributed by atoms with E-state index in [9.17, 15) is 24.6 Å².